The molecule has 0 bridgehead atoms. The van der Waals surface area contributed by atoms with Crippen molar-refractivity contribution in [3.8, 4) is 11.4 Å². The van der Waals surface area contributed by atoms with E-state index in [0.717, 1.165) is 11.1 Å². The third-order valence-electron chi connectivity index (χ3n) is 3.45. The molecule has 0 aliphatic rings. The average Bonchev–Trinajstić information content (AvgIpc) is 3.05. The van der Waals surface area contributed by atoms with Crippen LogP contribution in [0.25, 0.3) is 11.4 Å². The summed E-state index contributed by atoms with van der Waals surface area (Å²) in [4.78, 5) is 16.2. The Morgan fingerprint density at radius 3 is 2.62 bits per heavy atom. The molecule has 2 aromatic carbocycles. The topological polar surface area (TPSA) is 68.0 Å². The second-order valence-corrected chi connectivity index (χ2v) is 5.66. The van der Waals surface area contributed by atoms with E-state index >= 15 is 0 Å². The fourth-order valence-corrected chi connectivity index (χ4v) is 2.48. The van der Waals surface area contributed by atoms with Gasteiger partial charge in [0.1, 0.15) is 0 Å². The minimum absolute atomic E-state index is 0.0351. The Kier molecular flexibility index (Phi) is 5.23. The molecule has 0 fully saturated rings. The third kappa shape index (κ3) is 4.20. The zero-order valence-corrected chi connectivity index (χ0v) is 13.7. The van der Waals surface area contributed by atoms with Crippen molar-refractivity contribution in [2.24, 2.45) is 0 Å². The van der Waals surface area contributed by atoms with E-state index in [4.69, 9.17) is 16.1 Å². The van der Waals surface area contributed by atoms with Crippen LogP contribution in [0.4, 0.5) is 0 Å². The molecule has 6 heteroatoms. The normalized spacial score (nSPS) is 10.5. The summed E-state index contributed by atoms with van der Waals surface area (Å²) >= 11 is 6.11. The number of carbonyl (C=O) groups is 1. The van der Waals surface area contributed by atoms with Crippen LogP contribution in [0.5, 0.6) is 0 Å². The van der Waals surface area contributed by atoms with Crippen molar-refractivity contribution in [3.63, 3.8) is 0 Å². The van der Waals surface area contributed by atoms with Gasteiger partial charge in [0.25, 0.3) is 0 Å². The van der Waals surface area contributed by atoms with Gasteiger partial charge in [-0.25, -0.2) is 0 Å². The number of nitrogens with zero attached hydrogens (tertiary/aromatic N) is 2. The molecule has 0 unspecified atom stereocenters. The number of amides is 1. The van der Waals surface area contributed by atoms with Crippen LogP contribution in [0.15, 0.2) is 59.1 Å². The molecule has 0 saturated carbocycles. The minimum atomic E-state index is -0.0351. The van der Waals surface area contributed by atoms with Gasteiger partial charge in [-0.15, -0.1) is 0 Å². The third-order valence-corrected chi connectivity index (χ3v) is 3.78. The molecule has 1 amide bonds. The van der Waals surface area contributed by atoms with Gasteiger partial charge in [0.05, 0.1) is 11.4 Å². The number of hydrogen-bond acceptors (Lipinski definition) is 4. The first-order chi connectivity index (χ1) is 11.7. The van der Waals surface area contributed by atoms with Gasteiger partial charge < -0.3 is 9.84 Å². The van der Waals surface area contributed by atoms with Gasteiger partial charge in [-0.3, -0.25) is 4.79 Å². The van der Waals surface area contributed by atoms with Gasteiger partial charge in [0, 0.05) is 18.5 Å². The molecule has 1 heterocycles. The molecule has 0 radical (unpaired) electrons. The molecule has 0 aliphatic heterocycles. The summed E-state index contributed by atoms with van der Waals surface area (Å²) in [5, 5.41) is 7.35. The molecule has 0 atom stereocenters. The van der Waals surface area contributed by atoms with Crippen LogP contribution in [-0.2, 0) is 17.6 Å². The molecular formula is C18H16ClN3O2. The Labute approximate surface area is 144 Å². The summed E-state index contributed by atoms with van der Waals surface area (Å²) in [6.07, 6.45) is 0.827. The van der Waals surface area contributed by atoms with Crippen LogP contribution in [0.2, 0.25) is 5.02 Å². The minimum Gasteiger partial charge on any atom is -0.355 e. The second kappa shape index (κ2) is 7.75. The molecule has 1 aromatic heterocycles. The Bertz CT molecular complexity index is 818. The lowest BCUT2D eigenvalue weighted by Gasteiger charge is -2.03. The van der Waals surface area contributed by atoms with Gasteiger partial charge in [-0.1, -0.05) is 59.2 Å². The van der Waals surface area contributed by atoms with Crippen LogP contribution in [-0.4, -0.2) is 22.6 Å². The Morgan fingerprint density at radius 2 is 1.83 bits per heavy atom. The number of hydrogen-bond donors (Lipinski definition) is 1. The van der Waals surface area contributed by atoms with Gasteiger partial charge >= 0.3 is 0 Å². The molecule has 3 rings (SSSR count). The first-order valence-corrected chi connectivity index (χ1v) is 7.98. The first-order valence-electron chi connectivity index (χ1n) is 7.60. The quantitative estimate of drug-likeness (QED) is 0.747. The first kappa shape index (κ1) is 16.2. The number of nitrogens with one attached hydrogen (secondary N) is 1. The van der Waals surface area contributed by atoms with Gasteiger partial charge in [0.15, 0.2) is 0 Å². The number of rotatable bonds is 6. The Balaban J connectivity index is 1.51. The van der Waals surface area contributed by atoms with Crippen LogP contribution in [0.3, 0.4) is 0 Å². The molecular weight excluding hydrogens is 326 g/mol. The van der Waals surface area contributed by atoms with Gasteiger partial charge in [0.2, 0.25) is 17.6 Å². The number of aromatic nitrogens is 2. The summed E-state index contributed by atoms with van der Waals surface area (Å²) in [5.41, 5.74) is 1.70. The van der Waals surface area contributed by atoms with Crippen molar-refractivity contribution in [2.45, 2.75) is 12.8 Å². The van der Waals surface area contributed by atoms with E-state index in [-0.39, 0.29) is 5.91 Å². The van der Waals surface area contributed by atoms with E-state index in [1.165, 1.54) is 0 Å². The SMILES string of the molecule is O=C(Cc1ccccc1)NCCc1nc(-c2ccccc2Cl)no1. The maximum absolute atomic E-state index is 11.9. The zero-order chi connectivity index (χ0) is 16.8. The van der Waals surface area contributed by atoms with E-state index < -0.39 is 0 Å². The lowest BCUT2D eigenvalue weighted by atomic mass is 10.1. The Morgan fingerprint density at radius 1 is 1.08 bits per heavy atom. The lowest BCUT2D eigenvalue weighted by molar-refractivity contribution is -0.120. The van der Waals surface area contributed by atoms with Crippen LogP contribution in [0, 0.1) is 0 Å². The molecule has 24 heavy (non-hydrogen) atoms. The van der Waals surface area contributed by atoms with E-state index in [1.807, 2.05) is 48.5 Å². The summed E-state index contributed by atoms with van der Waals surface area (Å²) in [6.45, 7) is 0.440. The van der Waals surface area contributed by atoms with Crippen molar-refractivity contribution < 1.29 is 9.32 Å². The molecule has 122 valence electrons. The van der Waals surface area contributed by atoms with Crippen molar-refractivity contribution in [1.82, 2.24) is 15.5 Å². The fraction of sp³-hybridized carbons (Fsp3) is 0.167. The summed E-state index contributed by atoms with van der Waals surface area (Å²) in [7, 11) is 0. The highest BCUT2D eigenvalue weighted by molar-refractivity contribution is 6.33. The van der Waals surface area contributed by atoms with E-state index in [0.29, 0.717) is 36.1 Å². The van der Waals surface area contributed by atoms with E-state index in [2.05, 4.69) is 15.5 Å². The molecule has 3 aromatic rings. The molecule has 0 spiro atoms. The predicted octanol–water partition coefficient (Wildman–Crippen LogP) is 3.29. The van der Waals surface area contributed by atoms with E-state index in [1.54, 1.807) is 6.07 Å². The maximum Gasteiger partial charge on any atom is 0.228 e. The molecule has 0 saturated heterocycles. The standard InChI is InChI=1S/C18H16ClN3O2/c19-15-9-5-4-8-14(15)18-21-17(24-22-18)10-11-20-16(23)12-13-6-2-1-3-7-13/h1-9H,10-12H2,(H,20,23). The van der Waals surface area contributed by atoms with Gasteiger partial charge in [-0.05, 0) is 17.7 Å². The number of carbonyl (C=O) groups excluding carboxylic acids is 1. The highest BCUT2D eigenvalue weighted by Crippen LogP contribution is 2.24. The van der Waals surface area contributed by atoms with Crippen LogP contribution in [0.1, 0.15) is 11.5 Å². The van der Waals surface area contributed by atoms with Crippen molar-refractivity contribution in [3.05, 3.63) is 71.1 Å². The zero-order valence-electron chi connectivity index (χ0n) is 12.9. The summed E-state index contributed by atoms with van der Waals surface area (Å²) in [6, 6.07) is 16.9. The lowest BCUT2D eigenvalue weighted by Crippen LogP contribution is -2.27. The van der Waals surface area contributed by atoms with Crippen molar-refractivity contribution in [2.75, 3.05) is 6.54 Å². The summed E-state index contributed by atoms with van der Waals surface area (Å²) < 4.78 is 5.20. The largest absolute Gasteiger partial charge is 0.355 e. The fourth-order valence-electron chi connectivity index (χ4n) is 2.26. The molecule has 5 nitrogen and oxygen atoms in total. The summed E-state index contributed by atoms with van der Waals surface area (Å²) in [5.74, 6) is 0.878. The number of halogens is 1. The van der Waals surface area contributed by atoms with Crippen LogP contribution >= 0.6 is 11.6 Å². The van der Waals surface area contributed by atoms with Crippen molar-refractivity contribution in [1.29, 1.82) is 0 Å². The highest BCUT2D eigenvalue weighted by Gasteiger charge is 2.11. The maximum atomic E-state index is 11.9. The average molecular weight is 342 g/mol. The van der Waals surface area contributed by atoms with Gasteiger partial charge in [-0.2, -0.15) is 4.98 Å². The monoisotopic (exact) mass is 341 g/mol. The highest BCUT2D eigenvalue weighted by atomic mass is 35.5. The molecule has 0 aliphatic carbocycles. The van der Waals surface area contributed by atoms with Crippen molar-refractivity contribution >= 4 is 17.5 Å². The smallest absolute Gasteiger partial charge is 0.228 e. The van der Waals surface area contributed by atoms with E-state index in [9.17, 15) is 4.79 Å². The second-order valence-electron chi connectivity index (χ2n) is 5.25. The number of benzene rings is 2. The predicted molar refractivity (Wildman–Crippen MR) is 91.6 cm³/mol. The van der Waals surface area contributed by atoms with Crippen LogP contribution < -0.4 is 5.32 Å². The Hall–Kier alpha value is -2.66. The molecule has 1 N–H and O–H groups in total.